The summed E-state index contributed by atoms with van der Waals surface area (Å²) in [5.41, 5.74) is 6.28. The Hall–Kier alpha value is -2.37. The number of nitrogens with two attached hydrogens (primary N) is 1. The fraction of sp³-hybridized carbons (Fsp3) is 0.500. The van der Waals surface area contributed by atoms with Crippen LogP contribution in [0.25, 0.3) is 11.2 Å². The maximum Gasteiger partial charge on any atom is 0.252 e. The Morgan fingerprint density at radius 3 is 2.91 bits per heavy atom. The Labute approximate surface area is 129 Å². The number of rotatable bonds is 4. The number of ether oxygens (including phenoxy) is 1. The van der Waals surface area contributed by atoms with Gasteiger partial charge < -0.3 is 26.0 Å². The van der Waals surface area contributed by atoms with E-state index in [4.69, 9.17) is 10.5 Å². The molecule has 0 aliphatic carbocycles. The van der Waals surface area contributed by atoms with Gasteiger partial charge in [-0.25, -0.2) is 19.3 Å². The zero-order valence-electron chi connectivity index (χ0n) is 11.8. The van der Waals surface area contributed by atoms with Crippen molar-refractivity contribution in [1.29, 1.82) is 0 Å². The van der Waals surface area contributed by atoms with E-state index in [0.717, 1.165) is 0 Å². The summed E-state index contributed by atoms with van der Waals surface area (Å²) in [6.45, 7) is -0.952. The van der Waals surface area contributed by atoms with E-state index in [9.17, 15) is 19.4 Å². The number of alkyl halides is 1. The molecule has 2 aromatic heterocycles. The first kappa shape index (κ1) is 15.5. The molecule has 0 unspecified atom stereocenters. The molecule has 11 heteroatoms. The van der Waals surface area contributed by atoms with E-state index in [0.29, 0.717) is 11.2 Å². The van der Waals surface area contributed by atoms with Crippen molar-refractivity contribution in [2.24, 2.45) is 0 Å². The normalized spacial score (nSPS) is 27.4. The highest BCUT2D eigenvalue weighted by Crippen LogP contribution is 2.31. The third-order valence-corrected chi connectivity index (χ3v) is 3.55. The fourth-order valence-electron chi connectivity index (χ4n) is 2.43. The SMILES string of the molecule is Nc1ncnc2c1ncn2[C@@H]1O[C@H](C(=O)NCCF)[C@@H](O)[C@H]1O. The Balaban J connectivity index is 1.88. The Morgan fingerprint density at radius 1 is 1.39 bits per heavy atom. The standard InChI is InChI=1S/C12H15FN6O4/c13-1-2-15-11(22)8-6(20)7(21)12(23-8)19-4-18-5-9(14)16-3-17-10(5)19/h3-4,6-8,12,20-21H,1-2H2,(H,15,22)(H2,14,16,17)/t6-,7+,8-,12+/m0/s1. The molecular weight excluding hydrogens is 311 g/mol. The predicted octanol–water partition coefficient (Wildman–Crippen LogP) is -1.89. The van der Waals surface area contributed by atoms with Crippen molar-refractivity contribution in [1.82, 2.24) is 24.8 Å². The number of imidazole rings is 1. The van der Waals surface area contributed by atoms with Crippen LogP contribution < -0.4 is 11.1 Å². The number of nitrogens with zero attached hydrogens (tertiary/aromatic N) is 4. The summed E-state index contributed by atoms with van der Waals surface area (Å²) in [4.78, 5) is 23.7. The lowest BCUT2D eigenvalue weighted by Gasteiger charge is -2.16. The van der Waals surface area contributed by atoms with E-state index in [-0.39, 0.29) is 12.4 Å². The van der Waals surface area contributed by atoms with Crippen LogP contribution in [0.2, 0.25) is 0 Å². The Kier molecular flexibility index (Phi) is 4.07. The third-order valence-electron chi connectivity index (χ3n) is 3.55. The quantitative estimate of drug-likeness (QED) is 0.510. The number of anilines is 1. The first-order valence-corrected chi connectivity index (χ1v) is 6.83. The van der Waals surface area contributed by atoms with Crippen molar-refractivity contribution < 1.29 is 24.1 Å². The van der Waals surface area contributed by atoms with Crippen LogP contribution in [0, 0.1) is 0 Å². The minimum absolute atomic E-state index is 0.152. The number of amides is 1. The zero-order valence-corrected chi connectivity index (χ0v) is 11.8. The summed E-state index contributed by atoms with van der Waals surface area (Å²) in [6.07, 6.45) is -2.76. The van der Waals surface area contributed by atoms with Crippen LogP contribution in [0.5, 0.6) is 0 Å². The molecule has 0 spiro atoms. The van der Waals surface area contributed by atoms with Crippen LogP contribution in [-0.4, -0.2) is 67.2 Å². The summed E-state index contributed by atoms with van der Waals surface area (Å²) in [7, 11) is 0. The van der Waals surface area contributed by atoms with Gasteiger partial charge in [0.25, 0.3) is 5.91 Å². The van der Waals surface area contributed by atoms with Gasteiger partial charge in [0.1, 0.15) is 30.7 Å². The second-order valence-electron chi connectivity index (χ2n) is 4.99. The molecule has 1 aliphatic heterocycles. The molecule has 1 amide bonds. The molecule has 0 aromatic carbocycles. The fourth-order valence-corrected chi connectivity index (χ4v) is 2.43. The second-order valence-corrected chi connectivity index (χ2v) is 4.99. The van der Waals surface area contributed by atoms with Crippen molar-refractivity contribution in [3.05, 3.63) is 12.7 Å². The summed E-state index contributed by atoms with van der Waals surface area (Å²) < 4.78 is 18.9. The van der Waals surface area contributed by atoms with E-state index in [1.165, 1.54) is 17.2 Å². The monoisotopic (exact) mass is 326 g/mol. The molecule has 1 saturated heterocycles. The number of fused-ring (bicyclic) bond motifs is 1. The molecule has 3 heterocycles. The molecule has 2 aromatic rings. The maximum atomic E-state index is 12.1. The van der Waals surface area contributed by atoms with Crippen LogP contribution in [-0.2, 0) is 9.53 Å². The van der Waals surface area contributed by atoms with Gasteiger partial charge in [0, 0.05) is 6.54 Å². The van der Waals surface area contributed by atoms with Gasteiger partial charge in [-0.1, -0.05) is 0 Å². The molecule has 1 aliphatic rings. The summed E-state index contributed by atoms with van der Waals surface area (Å²) in [5.74, 6) is -0.561. The molecular formula is C12H15FN6O4. The van der Waals surface area contributed by atoms with E-state index in [2.05, 4.69) is 20.3 Å². The zero-order chi connectivity index (χ0) is 16.6. The van der Waals surface area contributed by atoms with Gasteiger partial charge in [0.05, 0.1) is 6.33 Å². The van der Waals surface area contributed by atoms with Crippen molar-refractivity contribution in [3.8, 4) is 0 Å². The number of aromatic nitrogens is 4. The lowest BCUT2D eigenvalue weighted by Crippen LogP contribution is -2.43. The van der Waals surface area contributed by atoms with Gasteiger partial charge in [-0.15, -0.1) is 0 Å². The highest BCUT2D eigenvalue weighted by molar-refractivity contribution is 5.82. The molecule has 10 nitrogen and oxygen atoms in total. The number of aliphatic hydroxyl groups is 2. The summed E-state index contributed by atoms with van der Waals surface area (Å²) >= 11 is 0. The molecule has 124 valence electrons. The molecule has 23 heavy (non-hydrogen) atoms. The third kappa shape index (κ3) is 2.58. The van der Waals surface area contributed by atoms with E-state index in [1.54, 1.807) is 0 Å². The van der Waals surface area contributed by atoms with Crippen LogP contribution in [0.15, 0.2) is 12.7 Å². The Bertz CT molecular complexity index is 725. The Morgan fingerprint density at radius 2 is 2.17 bits per heavy atom. The second kappa shape index (κ2) is 6.02. The minimum Gasteiger partial charge on any atom is -0.387 e. The van der Waals surface area contributed by atoms with Crippen LogP contribution in [0.3, 0.4) is 0 Å². The molecule has 0 radical (unpaired) electrons. The molecule has 0 saturated carbocycles. The molecule has 3 rings (SSSR count). The number of carbonyl (C=O) groups excluding carboxylic acids is 1. The molecule has 5 N–H and O–H groups in total. The van der Waals surface area contributed by atoms with Gasteiger partial charge >= 0.3 is 0 Å². The number of aliphatic hydroxyl groups excluding tert-OH is 2. The largest absolute Gasteiger partial charge is 0.387 e. The smallest absolute Gasteiger partial charge is 0.252 e. The van der Waals surface area contributed by atoms with Gasteiger partial charge in [-0.2, -0.15) is 0 Å². The lowest BCUT2D eigenvalue weighted by molar-refractivity contribution is -0.137. The van der Waals surface area contributed by atoms with E-state index in [1.807, 2.05) is 0 Å². The van der Waals surface area contributed by atoms with Crippen molar-refractivity contribution in [2.75, 3.05) is 19.0 Å². The minimum atomic E-state index is -1.48. The highest BCUT2D eigenvalue weighted by atomic mass is 19.1. The number of hydrogen-bond acceptors (Lipinski definition) is 8. The summed E-state index contributed by atoms with van der Waals surface area (Å²) in [6, 6.07) is 0. The number of hydrogen-bond donors (Lipinski definition) is 4. The van der Waals surface area contributed by atoms with Crippen molar-refractivity contribution in [2.45, 2.75) is 24.5 Å². The van der Waals surface area contributed by atoms with Gasteiger partial charge in [0.2, 0.25) is 0 Å². The molecule has 1 fully saturated rings. The average Bonchev–Trinajstić information content (AvgIpc) is 3.09. The molecule has 0 bridgehead atoms. The lowest BCUT2D eigenvalue weighted by atomic mass is 10.1. The highest BCUT2D eigenvalue weighted by Gasteiger charge is 2.47. The maximum absolute atomic E-state index is 12.1. The number of nitrogens with one attached hydrogen (secondary N) is 1. The van der Waals surface area contributed by atoms with Gasteiger partial charge in [-0.05, 0) is 0 Å². The number of carbonyl (C=O) groups is 1. The molecule has 4 atom stereocenters. The van der Waals surface area contributed by atoms with E-state index < -0.39 is 37.1 Å². The average molecular weight is 326 g/mol. The van der Waals surface area contributed by atoms with Crippen molar-refractivity contribution in [3.63, 3.8) is 0 Å². The van der Waals surface area contributed by atoms with Gasteiger partial charge in [-0.3, -0.25) is 9.36 Å². The predicted molar refractivity (Wildman–Crippen MR) is 74.6 cm³/mol. The number of nitrogen functional groups attached to an aromatic ring is 1. The van der Waals surface area contributed by atoms with Crippen molar-refractivity contribution >= 4 is 22.9 Å². The topological polar surface area (TPSA) is 148 Å². The van der Waals surface area contributed by atoms with Crippen LogP contribution in [0.4, 0.5) is 10.2 Å². The van der Waals surface area contributed by atoms with Crippen LogP contribution >= 0.6 is 0 Å². The van der Waals surface area contributed by atoms with Crippen LogP contribution in [0.1, 0.15) is 6.23 Å². The number of halogens is 1. The van der Waals surface area contributed by atoms with Gasteiger partial charge in [0.15, 0.2) is 23.8 Å². The first-order valence-electron chi connectivity index (χ1n) is 6.83. The first-order chi connectivity index (χ1) is 11.0. The van der Waals surface area contributed by atoms with E-state index >= 15 is 0 Å². The summed E-state index contributed by atoms with van der Waals surface area (Å²) in [5, 5.41) is 22.4.